The minimum absolute atomic E-state index is 0.128. The first-order valence-electron chi connectivity index (χ1n) is 8.86. The average molecular weight is 383 g/mol. The molecule has 1 amide bonds. The number of amides is 1. The Morgan fingerprint density at radius 1 is 1.07 bits per heavy atom. The quantitative estimate of drug-likeness (QED) is 0.486. The molecule has 1 N–H and O–H groups in total. The van der Waals surface area contributed by atoms with Gasteiger partial charge in [-0.1, -0.05) is 60.3 Å². The van der Waals surface area contributed by atoms with E-state index in [0.717, 1.165) is 32.9 Å². The van der Waals surface area contributed by atoms with Crippen molar-refractivity contribution in [1.82, 2.24) is 4.98 Å². The van der Waals surface area contributed by atoms with Crippen LogP contribution in [0.2, 0.25) is 0 Å². The van der Waals surface area contributed by atoms with Gasteiger partial charge in [-0.25, -0.2) is 4.98 Å². The molecular formula is C23H17N3OS. The summed E-state index contributed by atoms with van der Waals surface area (Å²) >= 11 is 1.28. The van der Waals surface area contributed by atoms with Gasteiger partial charge in [0.25, 0.3) is 0 Å². The molecule has 4 nitrogen and oxygen atoms in total. The predicted octanol–water partition coefficient (Wildman–Crippen LogP) is 5.30. The minimum atomic E-state index is -0.128. The number of benzene rings is 3. The summed E-state index contributed by atoms with van der Waals surface area (Å²) in [6.45, 7) is 2.00. The maximum absolute atomic E-state index is 12.5. The van der Waals surface area contributed by atoms with Crippen LogP contribution >= 0.6 is 11.8 Å². The number of rotatable bonds is 4. The number of nitrogens with one attached hydrogen (secondary N) is 1. The lowest BCUT2D eigenvalue weighted by molar-refractivity contribution is -0.113. The number of hydrogen-bond acceptors (Lipinski definition) is 4. The molecule has 28 heavy (non-hydrogen) atoms. The summed E-state index contributed by atoms with van der Waals surface area (Å²) in [7, 11) is 0. The molecule has 1 heterocycles. The van der Waals surface area contributed by atoms with E-state index in [-0.39, 0.29) is 11.7 Å². The fraction of sp³-hybridized carbons (Fsp3) is 0.0870. The molecule has 0 atom stereocenters. The minimum Gasteiger partial charge on any atom is -0.325 e. The number of nitriles is 1. The molecule has 0 aliphatic carbocycles. The van der Waals surface area contributed by atoms with Gasteiger partial charge in [0, 0.05) is 16.5 Å². The summed E-state index contributed by atoms with van der Waals surface area (Å²) in [5.74, 6) is 0.0544. The van der Waals surface area contributed by atoms with Crippen LogP contribution in [-0.4, -0.2) is 16.6 Å². The third kappa shape index (κ3) is 3.68. The fourth-order valence-corrected chi connectivity index (χ4v) is 3.87. The van der Waals surface area contributed by atoms with Gasteiger partial charge in [0.15, 0.2) is 0 Å². The van der Waals surface area contributed by atoms with Crippen molar-refractivity contribution in [3.8, 4) is 6.07 Å². The second-order valence-electron chi connectivity index (χ2n) is 6.51. The summed E-state index contributed by atoms with van der Waals surface area (Å²) in [5.41, 5.74) is 3.20. The maximum Gasteiger partial charge on any atom is 0.234 e. The van der Waals surface area contributed by atoms with E-state index in [0.29, 0.717) is 10.6 Å². The summed E-state index contributed by atoms with van der Waals surface area (Å²) in [5, 5.41) is 16.0. The third-order valence-electron chi connectivity index (χ3n) is 4.46. The van der Waals surface area contributed by atoms with Gasteiger partial charge >= 0.3 is 0 Å². The molecule has 0 aliphatic rings. The van der Waals surface area contributed by atoms with Crippen molar-refractivity contribution >= 4 is 45.0 Å². The number of aromatic nitrogens is 1. The molecule has 0 spiro atoms. The normalized spacial score (nSPS) is 10.7. The van der Waals surface area contributed by atoms with Crippen LogP contribution in [0.5, 0.6) is 0 Å². The second-order valence-corrected chi connectivity index (χ2v) is 7.48. The van der Waals surface area contributed by atoms with Crippen molar-refractivity contribution in [2.75, 3.05) is 11.1 Å². The average Bonchev–Trinajstić information content (AvgIpc) is 2.71. The van der Waals surface area contributed by atoms with Gasteiger partial charge in [0.1, 0.15) is 11.1 Å². The Kier molecular flexibility index (Phi) is 4.96. The monoisotopic (exact) mass is 383 g/mol. The molecular weight excluding hydrogens is 366 g/mol. The topological polar surface area (TPSA) is 65.8 Å². The molecule has 0 saturated carbocycles. The van der Waals surface area contributed by atoms with Crippen LogP contribution in [0.1, 0.15) is 11.1 Å². The molecule has 4 rings (SSSR count). The van der Waals surface area contributed by atoms with E-state index >= 15 is 0 Å². The van der Waals surface area contributed by atoms with Crippen LogP contribution in [0, 0.1) is 18.3 Å². The van der Waals surface area contributed by atoms with Crippen LogP contribution < -0.4 is 5.32 Å². The molecule has 3 aromatic carbocycles. The molecule has 1 aromatic heterocycles. The van der Waals surface area contributed by atoms with Crippen molar-refractivity contribution in [3.63, 3.8) is 0 Å². The first-order chi connectivity index (χ1) is 13.6. The maximum atomic E-state index is 12.5. The molecule has 4 aromatic rings. The van der Waals surface area contributed by atoms with E-state index in [1.54, 1.807) is 0 Å². The zero-order valence-electron chi connectivity index (χ0n) is 15.3. The van der Waals surface area contributed by atoms with Gasteiger partial charge in [-0.3, -0.25) is 4.79 Å². The second kappa shape index (κ2) is 7.71. The number of nitrogens with zero attached hydrogens (tertiary/aromatic N) is 2. The highest BCUT2D eigenvalue weighted by Gasteiger charge is 2.11. The molecule has 0 saturated heterocycles. The van der Waals surface area contributed by atoms with Gasteiger partial charge in [0.2, 0.25) is 5.91 Å². The number of hydrogen-bond donors (Lipinski definition) is 1. The Morgan fingerprint density at radius 2 is 1.89 bits per heavy atom. The van der Waals surface area contributed by atoms with E-state index in [1.807, 2.05) is 73.7 Å². The Bertz CT molecular complexity index is 1240. The Morgan fingerprint density at radius 3 is 2.75 bits per heavy atom. The predicted molar refractivity (Wildman–Crippen MR) is 114 cm³/mol. The van der Waals surface area contributed by atoms with Crippen molar-refractivity contribution < 1.29 is 4.79 Å². The molecule has 0 radical (unpaired) electrons. The zero-order chi connectivity index (χ0) is 19.5. The first kappa shape index (κ1) is 18.0. The van der Waals surface area contributed by atoms with E-state index in [9.17, 15) is 10.1 Å². The Hall–Kier alpha value is -3.36. The smallest absolute Gasteiger partial charge is 0.234 e. The number of pyridine rings is 1. The van der Waals surface area contributed by atoms with Gasteiger partial charge in [-0.05, 0) is 36.1 Å². The van der Waals surface area contributed by atoms with Crippen molar-refractivity contribution in [1.29, 1.82) is 5.26 Å². The summed E-state index contributed by atoms with van der Waals surface area (Å²) < 4.78 is 0. The first-order valence-corrected chi connectivity index (χ1v) is 9.84. The lowest BCUT2D eigenvalue weighted by Crippen LogP contribution is -2.14. The largest absolute Gasteiger partial charge is 0.325 e. The van der Waals surface area contributed by atoms with E-state index in [4.69, 9.17) is 0 Å². The van der Waals surface area contributed by atoms with Crippen LogP contribution in [0.15, 0.2) is 71.8 Å². The molecule has 0 aliphatic heterocycles. The van der Waals surface area contributed by atoms with Gasteiger partial charge in [0.05, 0.1) is 16.8 Å². The number of carbonyl (C=O) groups excluding carboxylic acids is 1. The van der Waals surface area contributed by atoms with Crippen molar-refractivity contribution in [2.24, 2.45) is 0 Å². The van der Waals surface area contributed by atoms with Gasteiger partial charge in [-0.15, -0.1) is 0 Å². The Balaban J connectivity index is 1.54. The highest BCUT2D eigenvalue weighted by atomic mass is 32.2. The van der Waals surface area contributed by atoms with E-state index in [1.165, 1.54) is 11.8 Å². The van der Waals surface area contributed by atoms with Crippen LogP contribution in [0.25, 0.3) is 21.7 Å². The van der Waals surface area contributed by atoms with Crippen molar-refractivity contribution in [2.45, 2.75) is 11.9 Å². The Labute approximate surface area is 167 Å². The molecule has 0 unspecified atom stereocenters. The third-order valence-corrected chi connectivity index (χ3v) is 5.45. The molecule has 0 bridgehead atoms. The van der Waals surface area contributed by atoms with Gasteiger partial charge < -0.3 is 5.32 Å². The summed E-state index contributed by atoms with van der Waals surface area (Å²) in [6, 6.07) is 23.7. The lowest BCUT2D eigenvalue weighted by atomic mass is 10.1. The number of fused-ring (bicyclic) bond motifs is 2. The fourth-order valence-electron chi connectivity index (χ4n) is 3.10. The number of anilines is 1. The number of aryl methyl sites for hydroxylation is 1. The van der Waals surface area contributed by atoms with Crippen LogP contribution in [0.3, 0.4) is 0 Å². The SMILES string of the molecule is Cc1ccc2cc(C#N)c(SCC(=O)Nc3cccc4ccccc34)nc2c1. The van der Waals surface area contributed by atoms with Crippen LogP contribution in [-0.2, 0) is 4.79 Å². The van der Waals surface area contributed by atoms with Crippen LogP contribution in [0.4, 0.5) is 5.69 Å². The number of carbonyl (C=O) groups is 1. The highest BCUT2D eigenvalue weighted by molar-refractivity contribution is 8.00. The van der Waals surface area contributed by atoms with Gasteiger partial charge in [-0.2, -0.15) is 5.26 Å². The van der Waals surface area contributed by atoms with E-state index < -0.39 is 0 Å². The summed E-state index contributed by atoms with van der Waals surface area (Å²) in [4.78, 5) is 17.1. The molecule has 136 valence electrons. The standard InChI is InChI=1S/C23H17N3OS/c1-15-9-10-17-12-18(13-24)23(26-21(17)11-15)28-14-22(27)25-20-8-4-6-16-5-2-3-7-19(16)20/h2-12H,14H2,1H3,(H,25,27). The zero-order valence-corrected chi connectivity index (χ0v) is 16.1. The highest BCUT2D eigenvalue weighted by Crippen LogP contribution is 2.26. The van der Waals surface area contributed by atoms with E-state index in [2.05, 4.69) is 16.4 Å². The van der Waals surface area contributed by atoms with Crippen molar-refractivity contribution in [3.05, 3.63) is 77.9 Å². The molecule has 0 fully saturated rings. The summed E-state index contributed by atoms with van der Waals surface area (Å²) in [6.07, 6.45) is 0. The lowest BCUT2D eigenvalue weighted by Gasteiger charge is -2.09. The molecule has 5 heteroatoms. The number of thioether (sulfide) groups is 1.